The van der Waals surface area contributed by atoms with Crippen molar-refractivity contribution in [1.82, 2.24) is 4.31 Å². The molecule has 0 aliphatic carbocycles. The molecule has 0 saturated heterocycles. The number of benzene rings is 1. The lowest BCUT2D eigenvalue weighted by Gasteiger charge is -2.19. The Morgan fingerprint density at radius 2 is 2.00 bits per heavy atom. The quantitative estimate of drug-likeness (QED) is 0.840. The summed E-state index contributed by atoms with van der Waals surface area (Å²) in [4.78, 5) is 0.0803. The van der Waals surface area contributed by atoms with Gasteiger partial charge in [-0.25, -0.2) is 8.42 Å². The molecule has 4 nitrogen and oxygen atoms in total. The zero-order valence-electron chi connectivity index (χ0n) is 9.73. The number of halogens is 2. The number of rotatable bonds is 5. The van der Waals surface area contributed by atoms with E-state index < -0.39 is 10.0 Å². The fourth-order valence-corrected chi connectivity index (χ4v) is 3.25. The molecule has 0 unspecified atom stereocenters. The first-order valence-corrected chi connectivity index (χ1v) is 7.45. The molecule has 98 valence electrons. The zero-order valence-corrected chi connectivity index (χ0v) is 12.1. The Balaban J connectivity index is 3.11. The Hall–Kier alpha value is -0.800. The van der Waals surface area contributed by atoms with E-state index in [2.05, 4.69) is 0 Å². The molecule has 0 spiro atoms. The third-order valence-corrected chi connectivity index (χ3v) is 5.06. The van der Waals surface area contributed by atoms with Gasteiger partial charge in [-0.15, -0.1) is 0 Å². The molecule has 0 N–H and O–H groups in total. The van der Waals surface area contributed by atoms with E-state index in [1.165, 1.54) is 22.5 Å². The van der Waals surface area contributed by atoms with Crippen LogP contribution in [0.25, 0.3) is 0 Å². The van der Waals surface area contributed by atoms with Gasteiger partial charge in [0.05, 0.1) is 21.0 Å². The summed E-state index contributed by atoms with van der Waals surface area (Å²) in [5.41, 5.74) is 0. The minimum absolute atomic E-state index is 0.0803. The molecule has 0 heterocycles. The van der Waals surface area contributed by atoms with E-state index in [9.17, 15) is 8.42 Å². The second-order valence-electron chi connectivity index (χ2n) is 3.48. The van der Waals surface area contributed by atoms with Crippen molar-refractivity contribution in [1.29, 1.82) is 5.26 Å². The van der Waals surface area contributed by atoms with Crippen LogP contribution in [0.5, 0.6) is 0 Å². The summed E-state index contributed by atoms with van der Waals surface area (Å²) in [6.07, 6.45) is 0.147. The Morgan fingerprint density at radius 3 is 2.50 bits per heavy atom. The van der Waals surface area contributed by atoms with Crippen LogP contribution in [-0.2, 0) is 10.0 Å². The van der Waals surface area contributed by atoms with E-state index in [0.29, 0.717) is 11.6 Å². The highest BCUT2D eigenvalue weighted by Gasteiger charge is 2.23. The molecular weight excluding hydrogens is 295 g/mol. The summed E-state index contributed by atoms with van der Waals surface area (Å²) < 4.78 is 25.7. The smallest absolute Gasteiger partial charge is 0.207 e. The van der Waals surface area contributed by atoms with Gasteiger partial charge in [-0.05, 0) is 18.2 Å². The molecule has 0 bridgehead atoms. The topological polar surface area (TPSA) is 61.2 Å². The number of sulfonamides is 1. The van der Waals surface area contributed by atoms with Gasteiger partial charge in [0.2, 0.25) is 10.0 Å². The van der Waals surface area contributed by atoms with Crippen molar-refractivity contribution in [2.75, 3.05) is 13.1 Å². The average molecular weight is 307 g/mol. The van der Waals surface area contributed by atoms with Crippen LogP contribution in [0.15, 0.2) is 23.1 Å². The molecule has 1 aromatic carbocycles. The third-order valence-electron chi connectivity index (χ3n) is 2.35. The van der Waals surface area contributed by atoms with Crippen molar-refractivity contribution in [3.8, 4) is 6.07 Å². The van der Waals surface area contributed by atoms with Gasteiger partial charge in [0.15, 0.2) is 0 Å². The summed E-state index contributed by atoms with van der Waals surface area (Å²) in [6.45, 7) is 2.17. The third kappa shape index (κ3) is 3.36. The number of nitriles is 1. The minimum Gasteiger partial charge on any atom is -0.207 e. The highest BCUT2D eigenvalue weighted by Crippen LogP contribution is 2.26. The van der Waals surface area contributed by atoms with E-state index in [0.717, 1.165) is 0 Å². The van der Waals surface area contributed by atoms with Gasteiger partial charge < -0.3 is 0 Å². The molecule has 0 amide bonds. The first kappa shape index (κ1) is 15.3. The van der Waals surface area contributed by atoms with E-state index in [-0.39, 0.29) is 22.9 Å². The van der Waals surface area contributed by atoms with E-state index in [4.69, 9.17) is 28.5 Å². The second-order valence-corrected chi connectivity index (χ2v) is 6.23. The second kappa shape index (κ2) is 6.39. The summed E-state index contributed by atoms with van der Waals surface area (Å²) in [5.74, 6) is 0. The summed E-state index contributed by atoms with van der Waals surface area (Å²) >= 11 is 11.5. The first-order chi connectivity index (χ1) is 8.43. The standard InChI is InChI=1S/C11H12Cl2N2O2S/c1-2-15(7-3-6-14)18(16,17)9-4-5-10(12)11(13)8-9/h4-5,8H,2-3,7H2,1H3. The molecule has 7 heteroatoms. The van der Waals surface area contributed by atoms with Crippen molar-refractivity contribution in [3.05, 3.63) is 28.2 Å². The van der Waals surface area contributed by atoms with Crippen LogP contribution in [0.3, 0.4) is 0 Å². The maximum Gasteiger partial charge on any atom is 0.243 e. The highest BCUT2D eigenvalue weighted by molar-refractivity contribution is 7.89. The van der Waals surface area contributed by atoms with E-state index in [1.54, 1.807) is 6.92 Å². The van der Waals surface area contributed by atoms with Crippen LogP contribution in [0.2, 0.25) is 10.0 Å². The Kier molecular flexibility index (Phi) is 5.42. The largest absolute Gasteiger partial charge is 0.243 e. The number of hydrogen-bond donors (Lipinski definition) is 0. The average Bonchev–Trinajstić information content (AvgIpc) is 2.33. The zero-order chi connectivity index (χ0) is 13.8. The molecule has 0 aromatic heterocycles. The van der Waals surface area contributed by atoms with Crippen molar-refractivity contribution in [2.45, 2.75) is 18.2 Å². The van der Waals surface area contributed by atoms with E-state index >= 15 is 0 Å². The van der Waals surface area contributed by atoms with Gasteiger partial charge in [-0.3, -0.25) is 0 Å². The van der Waals surface area contributed by atoms with Crippen molar-refractivity contribution < 1.29 is 8.42 Å². The fraction of sp³-hybridized carbons (Fsp3) is 0.364. The number of nitrogens with zero attached hydrogens (tertiary/aromatic N) is 2. The van der Waals surface area contributed by atoms with Crippen LogP contribution < -0.4 is 0 Å². The van der Waals surface area contributed by atoms with Gasteiger partial charge in [0, 0.05) is 19.5 Å². The van der Waals surface area contributed by atoms with Crippen LogP contribution in [0.1, 0.15) is 13.3 Å². The van der Waals surface area contributed by atoms with Crippen LogP contribution in [-0.4, -0.2) is 25.8 Å². The Bertz CT molecular complexity index is 567. The molecule has 0 aliphatic rings. The summed E-state index contributed by atoms with van der Waals surface area (Å²) in [6, 6.07) is 6.08. The lowest BCUT2D eigenvalue weighted by molar-refractivity contribution is 0.435. The molecule has 1 aromatic rings. The molecule has 0 atom stereocenters. The predicted octanol–water partition coefficient (Wildman–Crippen LogP) is 2.92. The van der Waals surface area contributed by atoms with Gasteiger partial charge >= 0.3 is 0 Å². The van der Waals surface area contributed by atoms with Gasteiger partial charge in [0.25, 0.3) is 0 Å². The van der Waals surface area contributed by atoms with Gasteiger partial charge in [-0.2, -0.15) is 9.57 Å². The number of hydrogen-bond acceptors (Lipinski definition) is 3. The van der Waals surface area contributed by atoms with Crippen LogP contribution in [0, 0.1) is 11.3 Å². The molecular formula is C11H12Cl2N2O2S. The lowest BCUT2D eigenvalue weighted by atomic mass is 10.4. The maximum absolute atomic E-state index is 12.2. The van der Waals surface area contributed by atoms with Crippen molar-refractivity contribution in [2.24, 2.45) is 0 Å². The molecule has 0 fully saturated rings. The maximum atomic E-state index is 12.2. The molecule has 18 heavy (non-hydrogen) atoms. The monoisotopic (exact) mass is 306 g/mol. The Labute approximate surface area is 117 Å². The summed E-state index contributed by atoms with van der Waals surface area (Å²) in [5, 5.41) is 9.01. The molecule has 1 rings (SSSR count). The van der Waals surface area contributed by atoms with Crippen LogP contribution >= 0.6 is 23.2 Å². The SMILES string of the molecule is CCN(CCC#N)S(=O)(=O)c1ccc(Cl)c(Cl)c1. The normalized spacial score (nSPS) is 11.5. The van der Waals surface area contributed by atoms with Crippen LogP contribution in [0.4, 0.5) is 0 Å². The Morgan fingerprint density at radius 1 is 1.33 bits per heavy atom. The molecule has 0 saturated carbocycles. The lowest BCUT2D eigenvalue weighted by Crippen LogP contribution is -2.31. The summed E-state index contributed by atoms with van der Waals surface area (Å²) in [7, 11) is -3.62. The van der Waals surface area contributed by atoms with Gasteiger partial charge in [-0.1, -0.05) is 30.1 Å². The van der Waals surface area contributed by atoms with Gasteiger partial charge in [0.1, 0.15) is 0 Å². The predicted molar refractivity (Wildman–Crippen MR) is 71.1 cm³/mol. The first-order valence-electron chi connectivity index (χ1n) is 5.25. The molecule has 0 aliphatic heterocycles. The molecule has 0 radical (unpaired) electrons. The fourth-order valence-electron chi connectivity index (χ4n) is 1.41. The van der Waals surface area contributed by atoms with Crippen molar-refractivity contribution >= 4 is 33.2 Å². The van der Waals surface area contributed by atoms with Crippen molar-refractivity contribution in [3.63, 3.8) is 0 Å². The highest BCUT2D eigenvalue weighted by atomic mass is 35.5. The van der Waals surface area contributed by atoms with E-state index in [1.807, 2.05) is 6.07 Å². The minimum atomic E-state index is -3.62.